The predicted molar refractivity (Wildman–Crippen MR) is 154 cm³/mol. The number of amides is 2. The van der Waals surface area contributed by atoms with Crippen LogP contribution in [0.4, 0.5) is 19.3 Å². The maximum atomic E-state index is 15.2. The van der Waals surface area contributed by atoms with Crippen LogP contribution in [0, 0.1) is 35.3 Å². The number of nitrogens with one attached hydrogen (secondary N) is 2. The van der Waals surface area contributed by atoms with Crippen molar-refractivity contribution in [1.29, 1.82) is 5.26 Å². The fraction of sp³-hybridized carbons (Fsp3) is 0.300. The molecule has 2 aromatic heterocycles. The zero-order valence-corrected chi connectivity index (χ0v) is 24.3. The molecule has 224 valence electrons. The smallest absolute Gasteiger partial charge is 0.319 e. The number of unbranched alkanes of at least 4 members (excludes halogenated alkanes) is 1. The minimum Gasteiger partial charge on any atom is -0.450 e. The number of nitrogens with zero attached hydrogens (tertiary/aromatic N) is 3. The van der Waals surface area contributed by atoms with Gasteiger partial charge in [-0.1, -0.05) is 24.6 Å². The Morgan fingerprint density at radius 1 is 1.19 bits per heavy atom. The predicted octanol–water partition coefficient (Wildman–Crippen LogP) is 5.66. The summed E-state index contributed by atoms with van der Waals surface area (Å²) in [6.07, 6.45) is 3.59. The van der Waals surface area contributed by atoms with Gasteiger partial charge in [0, 0.05) is 48.6 Å². The number of nitriles is 1. The van der Waals surface area contributed by atoms with E-state index in [1.807, 2.05) is 13.8 Å². The van der Waals surface area contributed by atoms with Gasteiger partial charge in [0.1, 0.15) is 5.75 Å². The van der Waals surface area contributed by atoms with Crippen molar-refractivity contribution in [3.8, 4) is 17.6 Å². The molecule has 2 aromatic carbocycles. The summed E-state index contributed by atoms with van der Waals surface area (Å²) in [5, 5.41) is 14.3. The first-order valence-electron chi connectivity index (χ1n) is 13.5. The summed E-state index contributed by atoms with van der Waals surface area (Å²) in [4.78, 5) is 16.6. The number of fused-ring (bicyclic) bond motifs is 1. The highest BCUT2D eigenvalue weighted by molar-refractivity contribution is 7.90. The number of carbonyl (C=O) groups is 1. The number of urea groups is 1. The monoisotopic (exact) mass is 609 g/mol. The number of hydrogen-bond acceptors (Lipinski definition) is 7. The number of anilines is 1. The van der Waals surface area contributed by atoms with Gasteiger partial charge in [-0.2, -0.15) is 5.26 Å². The molecule has 2 N–H and O–H groups in total. The Hall–Kier alpha value is -4.54. The number of hydrogen-bond donors (Lipinski definition) is 2. The number of rotatable bonds is 10. The highest BCUT2D eigenvalue weighted by Crippen LogP contribution is 2.37. The summed E-state index contributed by atoms with van der Waals surface area (Å²) in [5.41, 5.74) is 1.05. The molecule has 1 saturated heterocycles. The van der Waals surface area contributed by atoms with E-state index in [1.165, 1.54) is 30.6 Å². The van der Waals surface area contributed by atoms with Gasteiger partial charge in [0.25, 0.3) is 10.0 Å². The normalized spacial score (nSPS) is 14.1. The second-order valence-corrected chi connectivity index (χ2v) is 12.6. The molecule has 13 heteroatoms. The maximum absolute atomic E-state index is 15.2. The molecule has 4 aromatic rings. The number of ether oxygens (including phenoxy) is 2. The average molecular weight is 610 g/mol. The van der Waals surface area contributed by atoms with Crippen LogP contribution >= 0.6 is 0 Å². The van der Waals surface area contributed by atoms with Crippen molar-refractivity contribution in [2.75, 3.05) is 25.1 Å². The number of carbonyl (C=O) groups excluding carboxylic acids is 1. The zero-order valence-electron chi connectivity index (χ0n) is 23.5. The first kappa shape index (κ1) is 29.9. The Balaban J connectivity index is 1.47. The first-order chi connectivity index (χ1) is 20.5. The SMILES string of the molecule is Cc1ccc(S(=O)(=O)n2cc(CCCC#N)c3c(Oc4c(F)cc(NC(=O)NCC5(C)COC5)cc4F)ccnc32)cc1. The maximum Gasteiger partial charge on any atom is 0.319 e. The van der Waals surface area contributed by atoms with Gasteiger partial charge < -0.3 is 20.1 Å². The van der Waals surface area contributed by atoms with Crippen LogP contribution in [-0.2, 0) is 21.2 Å². The minimum absolute atomic E-state index is 0.00589. The molecule has 10 nitrogen and oxygen atoms in total. The quantitative estimate of drug-likeness (QED) is 0.222. The lowest BCUT2D eigenvalue weighted by atomic mass is 9.89. The second-order valence-electron chi connectivity index (χ2n) is 10.8. The summed E-state index contributed by atoms with van der Waals surface area (Å²) < 4.78 is 69.4. The van der Waals surface area contributed by atoms with E-state index < -0.39 is 33.4 Å². The Bertz CT molecular complexity index is 1810. The van der Waals surface area contributed by atoms with Crippen LogP contribution in [0.1, 0.15) is 30.9 Å². The molecular weight excluding hydrogens is 580 g/mol. The van der Waals surface area contributed by atoms with E-state index in [9.17, 15) is 13.2 Å². The molecule has 5 rings (SSSR count). The van der Waals surface area contributed by atoms with Crippen LogP contribution in [-0.4, -0.2) is 43.2 Å². The molecule has 1 fully saturated rings. The molecule has 2 amide bonds. The fourth-order valence-electron chi connectivity index (χ4n) is 4.67. The van der Waals surface area contributed by atoms with Gasteiger partial charge in [-0.15, -0.1) is 0 Å². The summed E-state index contributed by atoms with van der Waals surface area (Å²) in [6.45, 7) is 5.12. The highest BCUT2D eigenvalue weighted by atomic mass is 32.2. The van der Waals surface area contributed by atoms with Crippen molar-refractivity contribution in [3.63, 3.8) is 0 Å². The fourth-order valence-corrected chi connectivity index (χ4v) is 6.01. The van der Waals surface area contributed by atoms with Gasteiger partial charge in [0.15, 0.2) is 23.0 Å². The Morgan fingerprint density at radius 3 is 2.51 bits per heavy atom. The lowest BCUT2D eigenvalue weighted by Gasteiger charge is -2.37. The molecule has 0 atom stereocenters. The molecule has 0 saturated carbocycles. The molecule has 1 aliphatic heterocycles. The van der Waals surface area contributed by atoms with Gasteiger partial charge in [-0.3, -0.25) is 0 Å². The number of aromatic nitrogens is 2. The highest BCUT2D eigenvalue weighted by Gasteiger charge is 2.33. The molecule has 0 unspecified atom stereocenters. The lowest BCUT2D eigenvalue weighted by molar-refractivity contribution is -0.0974. The first-order valence-corrected chi connectivity index (χ1v) is 14.9. The van der Waals surface area contributed by atoms with E-state index in [-0.39, 0.29) is 45.6 Å². The van der Waals surface area contributed by atoms with E-state index >= 15 is 8.78 Å². The topological polar surface area (TPSA) is 135 Å². The van der Waals surface area contributed by atoms with Crippen LogP contribution in [0.25, 0.3) is 11.0 Å². The second kappa shape index (κ2) is 12.0. The van der Waals surface area contributed by atoms with Crippen LogP contribution in [0.5, 0.6) is 11.5 Å². The Morgan fingerprint density at radius 2 is 1.88 bits per heavy atom. The summed E-state index contributed by atoms with van der Waals surface area (Å²) >= 11 is 0. The third kappa shape index (κ3) is 6.30. The van der Waals surface area contributed by atoms with E-state index in [2.05, 4.69) is 21.7 Å². The molecule has 0 aliphatic carbocycles. The molecule has 0 spiro atoms. The van der Waals surface area contributed by atoms with Gasteiger partial charge in [0.05, 0.1) is 29.6 Å². The van der Waals surface area contributed by atoms with Crippen LogP contribution in [0.15, 0.2) is 59.8 Å². The van der Waals surface area contributed by atoms with Crippen molar-refractivity contribution >= 4 is 32.8 Å². The van der Waals surface area contributed by atoms with Gasteiger partial charge >= 0.3 is 6.03 Å². The molecule has 43 heavy (non-hydrogen) atoms. The molecule has 1 aliphatic rings. The molecular formula is C30H29F2N5O5S. The standard InChI is InChI=1S/C30H29F2N5O5S/c1-19-6-8-22(9-7-19)43(39,40)37-15-20(5-3-4-11-33)26-25(10-12-34-28(26)37)42-27-23(31)13-21(14-24(27)32)36-29(38)35-16-30(2)17-41-18-30/h6-10,12-15H,3-5,16-18H2,1-2H3,(H2,35,36,38). The van der Waals surface area contributed by atoms with Crippen molar-refractivity contribution in [2.45, 2.75) is 38.0 Å². The number of pyridine rings is 1. The third-order valence-electron chi connectivity index (χ3n) is 7.05. The summed E-state index contributed by atoms with van der Waals surface area (Å²) in [7, 11) is -4.10. The molecule has 3 heterocycles. The van der Waals surface area contributed by atoms with Crippen molar-refractivity contribution in [3.05, 3.63) is 77.6 Å². The van der Waals surface area contributed by atoms with E-state index in [0.717, 1.165) is 21.7 Å². The Kier molecular flexibility index (Phi) is 8.34. The van der Waals surface area contributed by atoms with E-state index in [1.54, 1.807) is 12.1 Å². The van der Waals surface area contributed by atoms with Crippen LogP contribution < -0.4 is 15.4 Å². The van der Waals surface area contributed by atoms with E-state index in [0.29, 0.717) is 31.7 Å². The van der Waals surface area contributed by atoms with Crippen LogP contribution in [0.3, 0.4) is 0 Å². The van der Waals surface area contributed by atoms with E-state index in [4.69, 9.17) is 14.7 Å². The van der Waals surface area contributed by atoms with Crippen molar-refractivity contribution in [2.24, 2.45) is 5.41 Å². The molecule has 0 radical (unpaired) electrons. The lowest BCUT2D eigenvalue weighted by Crippen LogP contribution is -2.49. The molecule has 0 bridgehead atoms. The number of aryl methyl sites for hydroxylation is 2. The largest absolute Gasteiger partial charge is 0.450 e. The van der Waals surface area contributed by atoms with Crippen LogP contribution in [0.2, 0.25) is 0 Å². The van der Waals surface area contributed by atoms with Crippen molar-refractivity contribution in [1.82, 2.24) is 14.3 Å². The minimum atomic E-state index is -4.10. The number of halogens is 2. The Labute approximate surface area is 247 Å². The average Bonchev–Trinajstić information content (AvgIpc) is 3.33. The van der Waals surface area contributed by atoms with Gasteiger partial charge in [-0.25, -0.2) is 30.9 Å². The third-order valence-corrected chi connectivity index (χ3v) is 8.72. The van der Waals surface area contributed by atoms with Crippen molar-refractivity contribution < 1.29 is 31.5 Å². The zero-order chi connectivity index (χ0) is 30.8. The van der Waals surface area contributed by atoms with Gasteiger partial charge in [-0.05, 0) is 43.5 Å². The summed E-state index contributed by atoms with van der Waals surface area (Å²) in [6, 6.07) is 11.0. The summed E-state index contributed by atoms with van der Waals surface area (Å²) in [5.74, 6) is -2.94. The van der Waals surface area contributed by atoms with Gasteiger partial charge in [0.2, 0.25) is 0 Å². The number of benzene rings is 2.